The number of esters is 1. The van der Waals surface area contributed by atoms with E-state index in [1.807, 2.05) is 30.3 Å². The van der Waals surface area contributed by atoms with Crippen molar-refractivity contribution in [2.75, 3.05) is 10.2 Å². The topological polar surface area (TPSA) is 75.7 Å². The number of thioether (sulfide) groups is 1. The normalized spacial score (nSPS) is 13.6. The third-order valence-corrected chi connectivity index (χ3v) is 6.73. The van der Waals surface area contributed by atoms with Crippen LogP contribution in [-0.2, 0) is 14.3 Å². The van der Waals surface area contributed by atoms with E-state index in [1.54, 1.807) is 44.2 Å². The SMILES string of the molecule is CC(C)OC(=O)c1ccc(N2C(=O)C(Nc3ccc(Cl)c(Cl)c3)=C(Sc3ccccc3)C2=O)cc1. The number of imide groups is 1. The molecule has 0 unspecified atom stereocenters. The van der Waals surface area contributed by atoms with Crippen LogP contribution in [0.2, 0.25) is 10.0 Å². The Labute approximate surface area is 216 Å². The molecule has 1 aliphatic rings. The number of halogens is 2. The van der Waals surface area contributed by atoms with E-state index in [0.29, 0.717) is 27.0 Å². The van der Waals surface area contributed by atoms with Crippen molar-refractivity contribution in [3.8, 4) is 0 Å². The van der Waals surface area contributed by atoms with E-state index in [1.165, 1.54) is 23.9 Å². The van der Waals surface area contributed by atoms with E-state index in [2.05, 4.69) is 5.32 Å². The van der Waals surface area contributed by atoms with Gasteiger partial charge in [-0.1, -0.05) is 53.2 Å². The van der Waals surface area contributed by atoms with Crippen LogP contribution in [0.1, 0.15) is 24.2 Å². The first-order chi connectivity index (χ1) is 16.7. The van der Waals surface area contributed by atoms with Crippen molar-refractivity contribution >= 4 is 64.1 Å². The summed E-state index contributed by atoms with van der Waals surface area (Å²) in [5.41, 5.74) is 1.28. The second-order valence-corrected chi connectivity index (χ2v) is 9.72. The van der Waals surface area contributed by atoms with Gasteiger partial charge in [0, 0.05) is 10.6 Å². The number of carbonyl (C=O) groups excluding carboxylic acids is 3. The Morgan fingerprint density at radius 3 is 2.23 bits per heavy atom. The van der Waals surface area contributed by atoms with Crippen LogP contribution in [-0.4, -0.2) is 23.9 Å². The summed E-state index contributed by atoms with van der Waals surface area (Å²) in [5.74, 6) is -1.49. The second-order valence-electron chi connectivity index (χ2n) is 7.82. The highest BCUT2D eigenvalue weighted by Crippen LogP contribution is 2.38. The summed E-state index contributed by atoms with van der Waals surface area (Å²) in [4.78, 5) is 41.2. The van der Waals surface area contributed by atoms with Crippen LogP contribution >= 0.6 is 35.0 Å². The Hall–Kier alpha value is -3.26. The fourth-order valence-electron chi connectivity index (χ4n) is 3.30. The van der Waals surface area contributed by atoms with Crippen LogP contribution in [0.3, 0.4) is 0 Å². The second kappa shape index (κ2) is 10.6. The smallest absolute Gasteiger partial charge is 0.338 e. The van der Waals surface area contributed by atoms with Gasteiger partial charge in [-0.25, -0.2) is 9.69 Å². The molecule has 0 fully saturated rings. The van der Waals surface area contributed by atoms with Crippen molar-refractivity contribution in [3.05, 3.63) is 99.0 Å². The highest BCUT2D eigenvalue weighted by molar-refractivity contribution is 8.04. The van der Waals surface area contributed by atoms with Crippen molar-refractivity contribution in [1.82, 2.24) is 0 Å². The van der Waals surface area contributed by atoms with Gasteiger partial charge < -0.3 is 10.1 Å². The molecular weight excluding hydrogens is 507 g/mol. The molecule has 1 heterocycles. The van der Waals surface area contributed by atoms with Crippen molar-refractivity contribution in [1.29, 1.82) is 0 Å². The minimum absolute atomic E-state index is 0.116. The molecule has 0 bridgehead atoms. The van der Waals surface area contributed by atoms with Crippen LogP contribution < -0.4 is 10.2 Å². The van der Waals surface area contributed by atoms with Gasteiger partial charge in [0.2, 0.25) is 0 Å². The number of benzene rings is 3. The van der Waals surface area contributed by atoms with Crippen molar-refractivity contribution in [3.63, 3.8) is 0 Å². The minimum Gasteiger partial charge on any atom is -0.459 e. The fraction of sp³-hybridized carbons (Fsp3) is 0.115. The predicted octanol–water partition coefficient (Wildman–Crippen LogP) is 6.55. The molecule has 9 heteroatoms. The molecule has 3 aromatic carbocycles. The number of carbonyl (C=O) groups is 3. The number of anilines is 2. The molecule has 178 valence electrons. The predicted molar refractivity (Wildman–Crippen MR) is 139 cm³/mol. The molecule has 0 atom stereocenters. The van der Waals surface area contributed by atoms with Crippen LogP contribution in [0.15, 0.2) is 88.3 Å². The average Bonchev–Trinajstić information content (AvgIpc) is 3.05. The molecule has 2 amide bonds. The largest absolute Gasteiger partial charge is 0.459 e. The lowest BCUT2D eigenvalue weighted by molar-refractivity contribution is -0.120. The number of nitrogens with zero attached hydrogens (tertiary/aromatic N) is 1. The standard InChI is InChI=1S/C26H20Cl2N2O4S/c1-15(2)34-26(33)16-8-11-18(12-9-16)30-24(31)22(29-17-10-13-20(27)21(28)14-17)23(25(30)32)35-19-6-4-3-5-7-19/h3-15,29H,1-2H3. The molecule has 6 nitrogen and oxygen atoms in total. The first-order valence-electron chi connectivity index (χ1n) is 10.6. The number of rotatable bonds is 7. The summed E-state index contributed by atoms with van der Waals surface area (Å²) in [6.07, 6.45) is -0.263. The zero-order valence-electron chi connectivity index (χ0n) is 18.7. The lowest BCUT2D eigenvalue weighted by Gasteiger charge is -2.16. The average molecular weight is 527 g/mol. The zero-order valence-corrected chi connectivity index (χ0v) is 21.1. The van der Waals surface area contributed by atoms with Gasteiger partial charge in [0.25, 0.3) is 11.8 Å². The number of nitrogens with one attached hydrogen (secondary N) is 1. The molecule has 0 spiro atoms. The molecule has 1 aliphatic heterocycles. The first-order valence-corrected chi connectivity index (χ1v) is 12.2. The van der Waals surface area contributed by atoms with Gasteiger partial charge in [-0.15, -0.1) is 0 Å². The monoisotopic (exact) mass is 526 g/mol. The fourth-order valence-corrected chi connectivity index (χ4v) is 4.55. The first kappa shape index (κ1) is 24.9. The lowest BCUT2D eigenvalue weighted by atomic mass is 10.2. The molecule has 0 radical (unpaired) electrons. The van der Waals surface area contributed by atoms with Gasteiger partial charge in [-0.3, -0.25) is 9.59 Å². The van der Waals surface area contributed by atoms with E-state index in [9.17, 15) is 14.4 Å². The maximum Gasteiger partial charge on any atom is 0.338 e. The van der Waals surface area contributed by atoms with Gasteiger partial charge in [0.15, 0.2) is 0 Å². The molecule has 0 saturated heterocycles. The zero-order chi connectivity index (χ0) is 25.1. The number of ether oxygens (including phenoxy) is 1. The summed E-state index contributed by atoms with van der Waals surface area (Å²) in [6.45, 7) is 3.52. The molecule has 35 heavy (non-hydrogen) atoms. The summed E-state index contributed by atoms with van der Waals surface area (Å²) in [5, 5.41) is 3.72. The van der Waals surface area contributed by atoms with Crippen LogP contribution in [0, 0.1) is 0 Å². The van der Waals surface area contributed by atoms with E-state index >= 15 is 0 Å². The molecule has 0 aliphatic carbocycles. The van der Waals surface area contributed by atoms with Crippen LogP contribution in [0.5, 0.6) is 0 Å². The number of hydrogen-bond donors (Lipinski definition) is 1. The van der Waals surface area contributed by atoms with Gasteiger partial charge in [-0.05, 0) is 68.4 Å². The number of hydrogen-bond acceptors (Lipinski definition) is 6. The maximum absolute atomic E-state index is 13.5. The Balaban J connectivity index is 1.67. The third kappa shape index (κ3) is 5.53. The molecule has 0 aromatic heterocycles. The Bertz CT molecular complexity index is 1320. The minimum atomic E-state index is -0.531. The molecule has 0 saturated carbocycles. The quantitative estimate of drug-likeness (QED) is 0.278. The van der Waals surface area contributed by atoms with Crippen LogP contribution in [0.25, 0.3) is 0 Å². The molecule has 3 aromatic rings. The molecule has 4 rings (SSSR count). The number of amides is 2. The van der Waals surface area contributed by atoms with Crippen molar-refractivity contribution in [2.45, 2.75) is 24.8 Å². The summed E-state index contributed by atoms with van der Waals surface area (Å²) in [7, 11) is 0. The Morgan fingerprint density at radius 2 is 1.60 bits per heavy atom. The van der Waals surface area contributed by atoms with E-state index in [-0.39, 0.29) is 16.7 Å². The van der Waals surface area contributed by atoms with E-state index in [4.69, 9.17) is 27.9 Å². The maximum atomic E-state index is 13.5. The lowest BCUT2D eigenvalue weighted by Crippen LogP contribution is -2.32. The Morgan fingerprint density at radius 1 is 0.914 bits per heavy atom. The van der Waals surface area contributed by atoms with E-state index < -0.39 is 17.8 Å². The van der Waals surface area contributed by atoms with Gasteiger partial charge in [-0.2, -0.15) is 0 Å². The van der Waals surface area contributed by atoms with Gasteiger partial charge in [0.05, 0.1) is 27.4 Å². The van der Waals surface area contributed by atoms with Crippen LogP contribution in [0.4, 0.5) is 11.4 Å². The third-order valence-electron chi connectivity index (χ3n) is 4.90. The van der Waals surface area contributed by atoms with Crippen molar-refractivity contribution in [2.24, 2.45) is 0 Å². The van der Waals surface area contributed by atoms with Gasteiger partial charge in [0.1, 0.15) is 10.6 Å². The molecule has 1 N–H and O–H groups in total. The summed E-state index contributed by atoms with van der Waals surface area (Å²) < 4.78 is 5.20. The van der Waals surface area contributed by atoms with Crippen molar-refractivity contribution < 1.29 is 19.1 Å². The van der Waals surface area contributed by atoms with Gasteiger partial charge >= 0.3 is 5.97 Å². The summed E-state index contributed by atoms with van der Waals surface area (Å²) in [6, 6.07) is 20.2. The Kier molecular flexibility index (Phi) is 7.50. The van der Waals surface area contributed by atoms with E-state index in [0.717, 1.165) is 9.80 Å². The summed E-state index contributed by atoms with van der Waals surface area (Å²) >= 11 is 13.3. The highest BCUT2D eigenvalue weighted by atomic mass is 35.5. The highest BCUT2D eigenvalue weighted by Gasteiger charge is 2.40. The molecular formula is C26H20Cl2N2O4S.